The Hall–Kier alpha value is -1.17. The third-order valence-corrected chi connectivity index (χ3v) is 4.28. The van der Waals surface area contributed by atoms with Crippen molar-refractivity contribution in [3.05, 3.63) is 21.1 Å². The molecule has 0 saturated heterocycles. The number of nitrogens with two attached hydrogens (primary N) is 2. The van der Waals surface area contributed by atoms with Crippen molar-refractivity contribution in [3.8, 4) is 5.75 Å². The van der Waals surface area contributed by atoms with E-state index in [-0.39, 0.29) is 19.6 Å². The Bertz CT molecular complexity index is 669. The van der Waals surface area contributed by atoms with Gasteiger partial charge < -0.3 is 10.5 Å². The minimum absolute atomic E-state index is 0.136. The summed E-state index contributed by atoms with van der Waals surface area (Å²) in [4.78, 5) is 22.0. The Labute approximate surface area is 137 Å². The summed E-state index contributed by atoms with van der Waals surface area (Å²) in [7, 11) is -3.88. The highest BCUT2D eigenvalue weighted by atomic mass is 79.9. The average Bonchev–Trinajstić information content (AvgIpc) is 2.31. The van der Waals surface area contributed by atoms with Gasteiger partial charge in [0.2, 0.25) is 10.0 Å². The predicted molar refractivity (Wildman–Crippen MR) is 81.0 cm³/mol. The fourth-order valence-corrected chi connectivity index (χ4v) is 3.51. The van der Waals surface area contributed by atoms with Crippen LogP contribution in [0.4, 0.5) is 4.79 Å². The van der Waals surface area contributed by atoms with E-state index in [1.807, 2.05) is 5.32 Å². The summed E-state index contributed by atoms with van der Waals surface area (Å²) in [6.07, 6.45) is -1.04. The molecule has 0 fully saturated rings. The maximum atomic E-state index is 11.5. The summed E-state index contributed by atoms with van der Waals surface area (Å²) in [5, 5.41) is 6.89. The number of sulfonamides is 1. The summed E-state index contributed by atoms with van der Waals surface area (Å²) in [6.45, 7) is 1.39. The van der Waals surface area contributed by atoms with Crippen LogP contribution in [0.5, 0.6) is 5.75 Å². The first kappa shape index (κ1) is 17.9. The molecular formula is C10H11Br2N3O5S. The summed E-state index contributed by atoms with van der Waals surface area (Å²) in [5.74, 6) is -0.564. The molecule has 0 aliphatic heterocycles. The number of hydrogen-bond acceptors (Lipinski definition) is 5. The number of primary sulfonamides is 1. The molecule has 1 atom stereocenters. The number of benzene rings is 1. The van der Waals surface area contributed by atoms with Gasteiger partial charge in [0.05, 0.1) is 13.8 Å². The smallest absolute Gasteiger partial charge is 0.318 e. The summed E-state index contributed by atoms with van der Waals surface area (Å²) in [6, 6.07) is 1.46. The fraction of sp³-hybridized carbons (Fsp3) is 0.200. The Morgan fingerprint density at radius 1 is 1.29 bits per heavy atom. The molecule has 3 amide bonds. The van der Waals surface area contributed by atoms with Gasteiger partial charge in [-0.2, -0.15) is 0 Å². The highest BCUT2D eigenvalue weighted by Crippen LogP contribution is 2.36. The van der Waals surface area contributed by atoms with Crippen LogP contribution in [0, 0.1) is 0 Å². The average molecular weight is 445 g/mol. The van der Waals surface area contributed by atoms with Crippen molar-refractivity contribution in [2.24, 2.45) is 10.9 Å². The number of primary amides is 1. The van der Waals surface area contributed by atoms with Crippen LogP contribution >= 0.6 is 31.9 Å². The van der Waals surface area contributed by atoms with E-state index in [1.165, 1.54) is 19.1 Å². The minimum Gasteiger partial charge on any atom is -0.479 e. The highest BCUT2D eigenvalue weighted by Gasteiger charge is 2.21. The van der Waals surface area contributed by atoms with Gasteiger partial charge in [0.1, 0.15) is 5.75 Å². The van der Waals surface area contributed by atoms with Gasteiger partial charge in [0, 0.05) is 0 Å². The molecule has 1 aromatic rings. The molecule has 21 heavy (non-hydrogen) atoms. The molecule has 5 N–H and O–H groups in total. The van der Waals surface area contributed by atoms with E-state index in [4.69, 9.17) is 15.6 Å². The van der Waals surface area contributed by atoms with Crippen molar-refractivity contribution in [1.29, 1.82) is 0 Å². The van der Waals surface area contributed by atoms with Gasteiger partial charge >= 0.3 is 6.03 Å². The van der Waals surface area contributed by atoms with Crippen LogP contribution in [0.25, 0.3) is 0 Å². The second-order valence-electron chi connectivity index (χ2n) is 3.87. The molecule has 0 aliphatic rings. The van der Waals surface area contributed by atoms with Crippen molar-refractivity contribution < 1.29 is 22.7 Å². The number of ether oxygens (including phenoxy) is 1. The molecule has 11 heteroatoms. The maximum absolute atomic E-state index is 11.5. The molecular weight excluding hydrogens is 434 g/mol. The lowest BCUT2D eigenvalue weighted by Crippen LogP contribution is -2.42. The maximum Gasteiger partial charge on any atom is 0.318 e. The molecule has 0 spiro atoms. The number of halogens is 2. The van der Waals surface area contributed by atoms with Crippen LogP contribution in [0.15, 0.2) is 26.0 Å². The second-order valence-corrected chi connectivity index (χ2v) is 7.14. The van der Waals surface area contributed by atoms with Crippen LogP contribution in [0.3, 0.4) is 0 Å². The minimum atomic E-state index is -3.88. The molecule has 0 saturated carbocycles. The van der Waals surface area contributed by atoms with E-state index in [2.05, 4.69) is 31.9 Å². The van der Waals surface area contributed by atoms with Crippen molar-refractivity contribution in [2.45, 2.75) is 17.9 Å². The zero-order valence-electron chi connectivity index (χ0n) is 10.6. The molecule has 1 rings (SSSR count). The summed E-state index contributed by atoms with van der Waals surface area (Å²) >= 11 is 6.24. The number of rotatable bonds is 4. The van der Waals surface area contributed by atoms with E-state index >= 15 is 0 Å². The topological polar surface area (TPSA) is 142 Å². The predicted octanol–water partition coefficient (Wildman–Crippen LogP) is 0.821. The summed E-state index contributed by atoms with van der Waals surface area (Å²) < 4.78 is 28.4. The molecule has 0 aromatic heterocycles. The Kier molecular flexibility index (Phi) is 5.73. The second kappa shape index (κ2) is 6.73. The van der Waals surface area contributed by atoms with Crippen LogP contribution in [-0.2, 0) is 14.8 Å². The largest absolute Gasteiger partial charge is 0.479 e. The van der Waals surface area contributed by atoms with Gasteiger partial charge in [-0.15, -0.1) is 0 Å². The Balaban J connectivity index is 3.05. The van der Waals surface area contributed by atoms with E-state index in [9.17, 15) is 18.0 Å². The molecule has 0 heterocycles. The van der Waals surface area contributed by atoms with Crippen LogP contribution in [-0.4, -0.2) is 26.5 Å². The van der Waals surface area contributed by atoms with Crippen molar-refractivity contribution in [3.63, 3.8) is 0 Å². The standard InChI is InChI=1S/C10H11Br2N3O5S/c1-4(9(16)15-10(13)17)20-8-6(11)2-5(3-7(8)12)21(14,18)19/h2-4H,1H3,(H2,14,18,19)(H3,13,15,16,17). The van der Waals surface area contributed by atoms with Gasteiger partial charge in [-0.25, -0.2) is 18.4 Å². The monoisotopic (exact) mass is 443 g/mol. The lowest BCUT2D eigenvalue weighted by molar-refractivity contribution is -0.126. The lowest BCUT2D eigenvalue weighted by atomic mass is 10.3. The van der Waals surface area contributed by atoms with Crippen molar-refractivity contribution in [2.75, 3.05) is 0 Å². The van der Waals surface area contributed by atoms with Gasteiger partial charge in [0.25, 0.3) is 5.91 Å². The van der Waals surface area contributed by atoms with Crippen molar-refractivity contribution in [1.82, 2.24) is 5.32 Å². The SMILES string of the molecule is CC(Oc1c(Br)cc(S(N)(=O)=O)cc1Br)C(=O)NC(N)=O. The molecule has 0 radical (unpaired) electrons. The van der Waals surface area contributed by atoms with Crippen molar-refractivity contribution >= 4 is 53.8 Å². The molecule has 1 aromatic carbocycles. The Morgan fingerprint density at radius 2 is 1.76 bits per heavy atom. The quantitative estimate of drug-likeness (QED) is 0.630. The van der Waals surface area contributed by atoms with Gasteiger partial charge in [0.15, 0.2) is 6.10 Å². The van der Waals surface area contributed by atoms with E-state index < -0.39 is 28.1 Å². The summed E-state index contributed by atoms with van der Waals surface area (Å²) in [5.41, 5.74) is 4.83. The normalized spacial score (nSPS) is 12.6. The molecule has 8 nitrogen and oxygen atoms in total. The first-order chi connectivity index (χ1) is 9.52. The number of carbonyl (C=O) groups is 2. The molecule has 0 aliphatic carbocycles. The number of nitrogens with one attached hydrogen (secondary N) is 1. The zero-order valence-corrected chi connectivity index (χ0v) is 14.6. The number of amides is 3. The first-order valence-electron chi connectivity index (χ1n) is 5.31. The van der Waals surface area contributed by atoms with E-state index in [0.29, 0.717) is 0 Å². The number of carbonyl (C=O) groups excluding carboxylic acids is 2. The van der Waals surface area contributed by atoms with E-state index in [1.54, 1.807) is 0 Å². The number of imide groups is 1. The molecule has 1 unspecified atom stereocenters. The van der Waals surface area contributed by atoms with Crippen LogP contribution in [0.2, 0.25) is 0 Å². The molecule has 0 bridgehead atoms. The first-order valence-corrected chi connectivity index (χ1v) is 8.44. The van der Waals surface area contributed by atoms with Crippen LogP contribution in [0.1, 0.15) is 6.92 Å². The molecule has 116 valence electrons. The van der Waals surface area contributed by atoms with Gasteiger partial charge in [-0.1, -0.05) is 0 Å². The number of hydrogen-bond donors (Lipinski definition) is 3. The van der Waals surface area contributed by atoms with Crippen LogP contribution < -0.4 is 20.9 Å². The fourth-order valence-electron chi connectivity index (χ4n) is 1.27. The third-order valence-electron chi connectivity index (χ3n) is 2.21. The van der Waals surface area contributed by atoms with E-state index in [0.717, 1.165) is 0 Å². The highest BCUT2D eigenvalue weighted by molar-refractivity contribution is 9.11. The van der Waals surface area contributed by atoms with Gasteiger partial charge in [-0.05, 0) is 50.9 Å². The third kappa shape index (κ3) is 4.95. The lowest BCUT2D eigenvalue weighted by Gasteiger charge is -2.16. The Morgan fingerprint density at radius 3 is 2.14 bits per heavy atom. The number of urea groups is 1. The van der Waals surface area contributed by atoms with Gasteiger partial charge in [-0.3, -0.25) is 10.1 Å². The zero-order chi connectivity index (χ0) is 16.4.